The molecule has 7 heteroatoms. The van der Waals surface area contributed by atoms with Gasteiger partial charge in [0.25, 0.3) is 11.8 Å². The van der Waals surface area contributed by atoms with E-state index in [-0.39, 0.29) is 10.6 Å². The summed E-state index contributed by atoms with van der Waals surface area (Å²) >= 11 is 12.0. The number of benzene rings is 2. The van der Waals surface area contributed by atoms with Gasteiger partial charge in [-0.25, -0.2) is 9.29 Å². The third-order valence-corrected chi connectivity index (χ3v) is 5.52. The topological polar surface area (TPSA) is 40.6 Å². The van der Waals surface area contributed by atoms with Crippen molar-refractivity contribution in [2.75, 3.05) is 18.0 Å². The maximum atomic E-state index is 13.4. The lowest BCUT2D eigenvalue weighted by molar-refractivity contribution is -0.120. The maximum absolute atomic E-state index is 13.4. The van der Waals surface area contributed by atoms with Crippen LogP contribution in [-0.2, 0) is 9.59 Å². The van der Waals surface area contributed by atoms with Gasteiger partial charge in [-0.3, -0.25) is 9.59 Å². The van der Waals surface area contributed by atoms with Crippen LogP contribution in [-0.4, -0.2) is 29.8 Å². The minimum absolute atomic E-state index is 0.257. The molecule has 0 aromatic heterocycles. The Kier molecular flexibility index (Phi) is 4.66. The van der Waals surface area contributed by atoms with E-state index in [1.54, 1.807) is 12.1 Å². The number of carbonyl (C=O) groups excluding carboxylic acids is 2. The first-order chi connectivity index (χ1) is 13.0. The zero-order chi connectivity index (χ0) is 19.1. The molecule has 2 aromatic rings. The Hall–Kier alpha value is -2.37. The van der Waals surface area contributed by atoms with E-state index in [1.807, 2.05) is 4.90 Å². The molecule has 27 heavy (non-hydrogen) atoms. The molecule has 2 heterocycles. The number of anilines is 1. The minimum atomic E-state index is -0.452. The van der Waals surface area contributed by atoms with Gasteiger partial charge in [0.05, 0.1) is 21.3 Å². The quantitative estimate of drug-likeness (QED) is 0.706. The van der Waals surface area contributed by atoms with Crippen molar-refractivity contribution in [3.05, 3.63) is 69.6 Å². The Morgan fingerprint density at radius 3 is 2.15 bits per heavy atom. The summed E-state index contributed by atoms with van der Waals surface area (Å²) in [4.78, 5) is 29.5. The van der Waals surface area contributed by atoms with Gasteiger partial charge < -0.3 is 4.90 Å². The molecule has 4 rings (SSSR count). The molecule has 2 aliphatic rings. The molecule has 1 saturated heterocycles. The van der Waals surface area contributed by atoms with Gasteiger partial charge >= 0.3 is 0 Å². The second-order valence-corrected chi connectivity index (χ2v) is 7.28. The molecule has 0 bridgehead atoms. The highest BCUT2D eigenvalue weighted by atomic mass is 35.5. The molecule has 0 atom stereocenters. The predicted molar refractivity (Wildman–Crippen MR) is 103 cm³/mol. The number of carbonyl (C=O) groups is 2. The molecule has 0 unspecified atom stereocenters. The van der Waals surface area contributed by atoms with E-state index in [2.05, 4.69) is 0 Å². The third kappa shape index (κ3) is 3.11. The molecule has 2 aromatic carbocycles. The summed E-state index contributed by atoms with van der Waals surface area (Å²) in [6.07, 6.45) is 1.91. The number of likely N-dealkylation sites (tertiary alicyclic amines) is 1. The average molecular weight is 405 g/mol. The highest BCUT2D eigenvalue weighted by molar-refractivity contribution is 6.46. The summed E-state index contributed by atoms with van der Waals surface area (Å²) in [5.41, 5.74) is 1.51. The molecule has 2 amide bonds. The van der Waals surface area contributed by atoms with Gasteiger partial charge in [-0.05, 0) is 48.7 Å². The van der Waals surface area contributed by atoms with Crippen molar-refractivity contribution in [3.8, 4) is 0 Å². The molecule has 0 spiro atoms. The van der Waals surface area contributed by atoms with Crippen LogP contribution >= 0.6 is 23.2 Å². The number of halogens is 3. The number of hydrogen-bond acceptors (Lipinski definition) is 3. The third-order valence-electron chi connectivity index (χ3n) is 4.78. The molecule has 0 radical (unpaired) electrons. The van der Waals surface area contributed by atoms with Gasteiger partial charge in [0.2, 0.25) is 0 Å². The lowest BCUT2D eigenvalue weighted by atomic mass is 10.0. The van der Waals surface area contributed by atoms with E-state index < -0.39 is 17.6 Å². The fraction of sp³-hybridized carbons (Fsp3) is 0.200. The van der Waals surface area contributed by atoms with Crippen molar-refractivity contribution in [3.63, 3.8) is 0 Å². The van der Waals surface area contributed by atoms with Crippen LogP contribution in [0.15, 0.2) is 48.2 Å². The van der Waals surface area contributed by atoms with Crippen LogP contribution < -0.4 is 4.90 Å². The van der Waals surface area contributed by atoms with E-state index in [4.69, 9.17) is 23.2 Å². The number of amides is 2. The van der Waals surface area contributed by atoms with Crippen molar-refractivity contribution in [1.29, 1.82) is 0 Å². The van der Waals surface area contributed by atoms with Gasteiger partial charge in [0.15, 0.2) is 0 Å². The Labute approximate surface area is 165 Å². The van der Waals surface area contributed by atoms with E-state index in [9.17, 15) is 14.0 Å². The summed E-state index contributed by atoms with van der Waals surface area (Å²) in [5, 5.41) is 0.596. The molecular formula is C20H15Cl2FN2O2. The van der Waals surface area contributed by atoms with Gasteiger partial charge in [0.1, 0.15) is 11.5 Å². The number of imide groups is 1. The molecule has 0 N–H and O–H groups in total. The highest BCUT2D eigenvalue weighted by Gasteiger charge is 2.43. The SMILES string of the molecule is O=C1C(c2ccc(F)cc2)=C(N2CCCC2)C(=O)N1c1ccc(Cl)c(Cl)c1. The highest BCUT2D eigenvalue weighted by Crippen LogP contribution is 2.37. The zero-order valence-corrected chi connectivity index (χ0v) is 15.7. The molecule has 138 valence electrons. The summed E-state index contributed by atoms with van der Waals surface area (Å²) in [7, 11) is 0. The van der Waals surface area contributed by atoms with Gasteiger partial charge in [-0.15, -0.1) is 0 Å². The van der Waals surface area contributed by atoms with E-state index >= 15 is 0 Å². The predicted octanol–water partition coefficient (Wildman–Crippen LogP) is 4.51. The summed E-state index contributed by atoms with van der Waals surface area (Å²) in [5.74, 6) is -1.26. The lowest BCUT2D eigenvalue weighted by Gasteiger charge is -2.20. The van der Waals surface area contributed by atoms with Crippen LogP contribution in [0.2, 0.25) is 10.0 Å². The van der Waals surface area contributed by atoms with Gasteiger partial charge in [-0.2, -0.15) is 0 Å². The Morgan fingerprint density at radius 2 is 1.52 bits per heavy atom. The van der Waals surface area contributed by atoms with Crippen LogP contribution in [0.5, 0.6) is 0 Å². The average Bonchev–Trinajstić information content (AvgIpc) is 3.25. The second-order valence-electron chi connectivity index (χ2n) is 6.47. The zero-order valence-electron chi connectivity index (χ0n) is 14.2. The van der Waals surface area contributed by atoms with E-state index in [0.717, 1.165) is 17.7 Å². The number of hydrogen-bond donors (Lipinski definition) is 0. The molecule has 4 nitrogen and oxygen atoms in total. The van der Waals surface area contributed by atoms with Crippen molar-refractivity contribution in [2.45, 2.75) is 12.8 Å². The Balaban J connectivity index is 1.83. The molecular weight excluding hydrogens is 390 g/mol. The smallest absolute Gasteiger partial charge is 0.282 e. The van der Waals surface area contributed by atoms with Crippen molar-refractivity contribution < 1.29 is 14.0 Å². The Morgan fingerprint density at radius 1 is 0.852 bits per heavy atom. The standard InChI is InChI=1S/C20H15Cl2FN2O2/c21-15-8-7-14(11-16(15)22)25-19(26)17(12-3-5-13(23)6-4-12)18(20(25)27)24-9-1-2-10-24/h3-8,11H,1-2,9-10H2. The molecule has 1 fully saturated rings. The van der Waals surface area contributed by atoms with Gasteiger partial charge in [0, 0.05) is 13.1 Å². The summed E-state index contributed by atoms with van der Waals surface area (Å²) in [6, 6.07) is 10.2. The lowest BCUT2D eigenvalue weighted by Crippen LogP contribution is -2.34. The van der Waals surface area contributed by atoms with Gasteiger partial charge in [-0.1, -0.05) is 35.3 Å². The largest absolute Gasteiger partial charge is 0.366 e. The minimum Gasteiger partial charge on any atom is -0.366 e. The van der Waals surface area contributed by atoms with Crippen LogP contribution in [0.4, 0.5) is 10.1 Å². The first-order valence-electron chi connectivity index (χ1n) is 8.56. The molecule has 2 aliphatic heterocycles. The monoisotopic (exact) mass is 404 g/mol. The normalized spacial score (nSPS) is 17.4. The summed E-state index contributed by atoms with van der Waals surface area (Å²) < 4.78 is 13.4. The van der Waals surface area contributed by atoms with Crippen LogP contribution in [0.1, 0.15) is 18.4 Å². The van der Waals surface area contributed by atoms with Crippen LogP contribution in [0, 0.1) is 5.82 Å². The molecule has 0 saturated carbocycles. The number of nitrogens with zero attached hydrogens (tertiary/aromatic N) is 2. The second kappa shape index (κ2) is 6.98. The van der Waals surface area contributed by atoms with E-state index in [1.165, 1.54) is 30.3 Å². The van der Waals surface area contributed by atoms with Crippen LogP contribution in [0.3, 0.4) is 0 Å². The van der Waals surface area contributed by atoms with Crippen molar-refractivity contribution in [2.24, 2.45) is 0 Å². The molecule has 0 aliphatic carbocycles. The van der Waals surface area contributed by atoms with Crippen molar-refractivity contribution >= 4 is 46.3 Å². The summed E-state index contributed by atoms with van der Waals surface area (Å²) in [6.45, 7) is 1.41. The maximum Gasteiger partial charge on any atom is 0.282 e. The van der Waals surface area contributed by atoms with Crippen molar-refractivity contribution in [1.82, 2.24) is 4.90 Å². The van der Waals surface area contributed by atoms with Crippen LogP contribution in [0.25, 0.3) is 5.57 Å². The Bertz CT molecular complexity index is 966. The number of rotatable bonds is 3. The van der Waals surface area contributed by atoms with E-state index in [0.29, 0.717) is 35.1 Å². The first kappa shape index (κ1) is 18.0. The first-order valence-corrected chi connectivity index (χ1v) is 9.32. The fourth-order valence-electron chi connectivity index (χ4n) is 3.49. The fourth-order valence-corrected chi connectivity index (χ4v) is 3.78.